The SMILES string of the molecule is CCOC(=O)C(CCc1ccccc1)N[C@@H](C)C(=O)N(CC(=O)O)C1CCc2ccccc2C1. The summed E-state index contributed by atoms with van der Waals surface area (Å²) >= 11 is 0. The van der Waals surface area contributed by atoms with Gasteiger partial charge in [0.1, 0.15) is 12.6 Å². The van der Waals surface area contributed by atoms with Crippen molar-refractivity contribution in [3.05, 3.63) is 71.3 Å². The highest BCUT2D eigenvalue weighted by Gasteiger charge is 2.33. The van der Waals surface area contributed by atoms with Gasteiger partial charge in [0, 0.05) is 6.04 Å². The molecule has 0 heterocycles. The monoisotopic (exact) mass is 466 g/mol. The number of carboxylic acids is 1. The highest BCUT2D eigenvalue weighted by Crippen LogP contribution is 2.25. The summed E-state index contributed by atoms with van der Waals surface area (Å²) in [4.78, 5) is 39.1. The van der Waals surface area contributed by atoms with E-state index in [4.69, 9.17) is 4.74 Å². The second-order valence-electron chi connectivity index (χ2n) is 8.74. The highest BCUT2D eigenvalue weighted by atomic mass is 16.5. The van der Waals surface area contributed by atoms with Gasteiger partial charge in [-0.3, -0.25) is 19.7 Å². The van der Waals surface area contributed by atoms with E-state index >= 15 is 0 Å². The number of hydrogen-bond donors (Lipinski definition) is 2. The van der Waals surface area contributed by atoms with Crippen LogP contribution in [-0.4, -0.2) is 59.1 Å². The number of ether oxygens (including phenoxy) is 1. The maximum atomic E-state index is 13.4. The Bertz CT molecular complexity index is 978. The van der Waals surface area contributed by atoms with Crippen LogP contribution < -0.4 is 5.32 Å². The molecule has 0 bridgehead atoms. The Morgan fingerprint density at radius 3 is 2.44 bits per heavy atom. The molecule has 2 N–H and O–H groups in total. The summed E-state index contributed by atoms with van der Waals surface area (Å²) in [6, 6.07) is 16.3. The summed E-state index contributed by atoms with van der Waals surface area (Å²) in [7, 11) is 0. The van der Waals surface area contributed by atoms with Crippen LogP contribution in [0.25, 0.3) is 0 Å². The molecule has 2 aromatic carbocycles. The number of amides is 1. The Hall–Kier alpha value is -3.19. The Labute approximate surface area is 201 Å². The maximum Gasteiger partial charge on any atom is 0.323 e. The summed E-state index contributed by atoms with van der Waals surface area (Å²) in [5.41, 5.74) is 3.48. The third-order valence-corrected chi connectivity index (χ3v) is 6.31. The van der Waals surface area contributed by atoms with E-state index in [1.54, 1.807) is 13.8 Å². The zero-order valence-electron chi connectivity index (χ0n) is 19.9. The van der Waals surface area contributed by atoms with E-state index in [9.17, 15) is 19.5 Å². The van der Waals surface area contributed by atoms with Crippen molar-refractivity contribution >= 4 is 17.8 Å². The quantitative estimate of drug-likeness (QED) is 0.495. The summed E-state index contributed by atoms with van der Waals surface area (Å²) in [6.45, 7) is 3.31. The maximum absolute atomic E-state index is 13.4. The number of rotatable bonds is 11. The number of carbonyl (C=O) groups is 3. The molecule has 0 saturated heterocycles. The first-order chi connectivity index (χ1) is 16.4. The van der Waals surface area contributed by atoms with Gasteiger partial charge >= 0.3 is 11.9 Å². The van der Waals surface area contributed by atoms with Gasteiger partial charge in [0.15, 0.2) is 0 Å². The molecule has 182 valence electrons. The van der Waals surface area contributed by atoms with E-state index in [-0.39, 0.29) is 25.1 Å². The van der Waals surface area contributed by atoms with Gasteiger partial charge in [0.2, 0.25) is 5.91 Å². The predicted molar refractivity (Wildman–Crippen MR) is 129 cm³/mol. The van der Waals surface area contributed by atoms with Crippen molar-refractivity contribution in [1.29, 1.82) is 0 Å². The lowest BCUT2D eigenvalue weighted by molar-refractivity contribution is -0.149. The van der Waals surface area contributed by atoms with Crippen molar-refractivity contribution in [3.8, 4) is 0 Å². The van der Waals surface area contributed by atoms with Crippen LogP contribution in [0.1, 0.15) is 43.4 Å². The first-order valence-electron chi connectivity index (χ1n) is 11.9. The molecule has 3 rings (SSSR count). The summed E-state index contributed by atoms with van der Waals surface area (Å²) < 4.78 is 5.23. The number of carbonyl (C=O) groups excluding carboxylic acids is 2. The second-order valence-corrected chi connectivity index (χ2v) is 8.74. The highest BCUT2D eigenvalue weighted by molar-refractivity contribution is 5.86. The topological polar surface area (TPSA) is 95.9 Å². The molecule has 7 heteroatoms. The Balaban J connectivity index is 1.71. The number of carboxylic acid groups (broad SMARTS) is 1. The van der Waals surface area contributed by atoms with Gasteiger partial charge < -0.3 is 14.7 Å². The Kier molecular flexibility index (Phi) is 9.22. The molecular formula is C27H34N2O5. The number of fused-ring (bicyclic) bond motifs is 1. The van der Waals surface area contributed by atoms with Crippen molar-refractivity contribution < 1.29 is 24.2 Å². The first kappa shape index (κ1) is 25.4. The normalized spacial score (nSPS) is 16.7. The van der Waals surface area contributed by atoms with Crippen LogP contribution in [0.5, 0.6) is 0 Å². The number of esters is 1. The van der Waals surface area contributed by atoms with E-state index in [0.717, 1.165) is 17.5 Å². The fourth-order valence-electron chi connectivity index (χ4n) is 4.57. The fraction of sp³-hybridized carbons (Fsp3) is 0.444. The second kappa shape index (κ2) is 12.3. The molecule has 0 aliphatic heterocycles. The number of hydrogen-bond acceptors (Lipinski definition) is 5. The van der Waals surface area contributed by atoms with Crippen LogP contribution >= 0.6 is 0 Å². The van der Waals surface area contributed by atoms with Gasteiger partial charge in [-0.05, 0) is 62.6 Å². The minimum atomic E-state index is -1.05. The zero-order valence-corrected chi connectivity index (χ0v) is 19.9. The van der Waals surface area contributed by atoms with Crippen LogP contribution in [-0.2, 0) is 38.4 Å². The summed E-state index contributed by atoms with van der Waals surface area (Å²) in [5, 5.41) is 12.6. The molecule has 1 aliphatic rings. The molecule has 1 aliphatic carbocycles. The molecule has 2 aromatic rings. The van der Waals surface area contributed by atoms with Crippen LogP contribution in [0.3, 0.4) is 0 Å². The van der Waals surface area contributed by atoms with Crippen LogP contribution in [0.15, 0.2) is 54.6 Å². The third-order valence-electron chi connectivity index (χ3n) is 6.31. The van der Waals surface area contributed by atoms with Crippen LogP contribution in [0.4, 0.5) is 0 Å². The average Bonchev–Trinajstić information content (AvgIpc) is 2.84. The molecule has 0 spiro atoms. The van der Waals surface area contributed by atoms with Crippen molar-refractivity contribution in [1.82, 2.24) is 10.2 Å². The van der Waals surface area contributed by atoms with Crippen LogP contribution in [0, 0.1) is 0 Å². The lowest BCUT2D eigenvalue weighted by Gasteiger charge is -2.36. The van der Waals surface area contributed by atoms with E-state index < -0.39 is 24.0 Å². The molecule has 3 atom stereocenters. The van der Waals surface area contributed by atoms with Gasteiger partial charge in [-0.15, -0.1) is 0 Å². The van der Waals surface area contributed by atoms with Gasteiger partial charge in [0.25, 0.3) is 0 Å². The molecule has 0 radical (unpaired) electrons. The van der Waals surface area contributed by atoms with E-state index in [2.05, 4.69) is 11.4 Å². The summed E-state index contributed by atoms with van der Waals surface area (Å²) in [5.74, 6) is -1.78. The van der Waals surface area contributed by atoms with E-state index in [0.29, 0.717) is 25.7 Å². The van der Waals surface area contributed by atoms with Gasteiger partial charge in [-0.1, -0.05) is 54.6 Å². The molecule has 0 fully saturated rings. The van der Waals surface area contributed by atoms with E-state index in [1.165, 1.54) is 10.5 Å². The van der Waals surface area contributed by atoms with Gasteiger partial charge in [-0.2, -0.15) is 0 Å². The molecule has 1 amide bonds. The Morgan fingerprint density at radius 2 is 1.76 bits per heavy atom. The van der Waals surface area contributed by atoms with Crippen LogP contribution in [0.2, 0.25) is 0 Å². The Morgan fingerprint density at radius 1 is 1.09 bits per heavy atom. The third kappa shape index (κ3) is 6.90. The standard InChI is InChI=1S/C27H34N2O5/c1-3-34-27(33)24(16-13-20-9-5-4-6-10-20)28-19(2)26(32)29(18-25(30)31)23-15-14-21-11-7-8-12-22(21)17-23/h4-12,19,23-24,28H,3,13-18H2,1-2H3,(H,30,31)/t19-,23?,24?/m0/s1. The first-order valence-corrected chi connectivity index (χ1v) is 11.9. The smallest absolute Gasteiger partial charge is 0.323 e. The average molecular weight is 467 g/mol. The minimum absolute atomic E-state index is 0.201. The lowest BCUT2D eigenvalue weighted by atomic mass is 9.87. The zero-order chi connectivity index (χ0) is 24.5. The predicted octanol–water partition coefficient (Wildman–Crippen LogP) is 3.00. The minimum Gasteiger partial charge on any atom is -0.480 e. The molecular weight excluding hydrogens is 432 g/mol. The van der Waals surface area contributed by atoms with Gasteiger partial charge in [0.05, 0.1) is 12.6 Å². The molecule has 34 heavy (non-hydrogen) atoms. The lowest BCUT2D eigenvalue weighted by Crippen LogP contribution is -2.55. The molecule has 0 aromatic heterocycles. The van der Waals surface area contributed by atoms with Crippen molar-refractivity contribution in [3.63, 3.8) is 0 Å². The van der Waals surface area contributed by atoms with Crippen molar-refractivity contribution in [2.45, 2.75) is 64.1 Å². The van der Waals surface area contributed by atoms with E-state index in [1.807, 2.05) is 48.5 Å². The van der Waals surface area contributed by atoms with Crippen molar-refractivity contribution in [2.24, 2.45) is 0 Å². The number of benzene rings is 2. The number of nitrogens with zero attached hydrogens (tertiary/aromatic N) is 1. The number of nitrogens with one attached hydrogen (secondary N) is 1. The number of aryl methyl sites for hydroxylation is 2. The fourth-order valence-corrected chi connectivity index (χ4v) is 4.57. The molecule has 2 unspecified atom stereocenters. The summed E-state index contributed by atoms with van der Waals surface area (Å²) in [6.07, 6.45) is 3.25. The van der Waals surface area contributed by atoms with Gasteiger partial charge in [-0.25, -0.2) is 0 Å². The number of aliphatic carboxylic acids is 1. The molecule has 0 saturated carbocycles. The molecule has 7 nitrogen and oxygen atoms in total. The van der Waals surface area contributed by atoms with Crippen molar-refractivity contribution in [2.75, 3.05) is 13.2 Å². The largest absolute Gasteiger partial charge is 0.480 e.